The van der Waals surface area contributed by atoms with E-state index in [1.165, 1.54) is 0 Å². The summed E-state index contributed by atoms with van der Waals surface area (Å²) in [6.45, 7) is 2.10. The van der Waals surface area contributed by atoms with Crippen LogP contribution in [0.1, 0.15) is 12.5 Å². The maximum Gasteiger partial charge on any atom is 0.310 e. The van der Waals surface area contributed by atoms with Crippen LogP contribution >= 0.6 is 0 Å². The van der Waals surface area contributed by atoms with Crippen LogP contribution in [-0.4, -0.2) is 17.6 Å². The Morgan fingerprint density at radius 2 is 1.86 bits per heavy atom. The van der Waals surface area contributed by atoms with E-state index in [0.29, 0.717) is 22.9 Å². The maximum atomic E-state index is 12.7. The predicted octanol–water partition coefficient (Wildman–Crippen LogP) is 2.79. The molecule has 0 unspecified atom stereocenters. The van der Waals surface area contributed by atoms with Crippen molar-refractivity contribution in [3.05, 3.63) is 58.3 Å². The van der Waals surface area contributed by atoms with Crippen LogP contribution < -0.4 is 5.43 Å². The van der Waals surface area contributed by atoms with Gasteiger partial charge in [0.25, 0.3) is 0 Å². The number of rotatable bonds is 3. The number of fused-ring (bicyclic) bond motifs is 2. The Morgan fingerprint density at radius 3 is 2.67 bits per heavy atom. The number of pyridine rings is 1. The van der Waals surface area contributed by atoms with Crippen LogP contribution in [0.3, 0.4) is 0 Å². The first-order chi connectivity index (χ1) is 10.2. The standard InChI is InChI=1S/C17H15NO3/c1-2-21-15(19)10-11-6-5-9-14-16(11)17(20)12-7-3-4-8-13(12)18-14/h3-9H,2,10H2,1H3,(H,18,20). The zero-order valence-electron chi connectivity index (χ0n) is 11.7. The largest absolute Gasteiger partial charge is 0.466 e. The molecule has 0 fully saturated rings. The number of para-hydroxylation sites is 1. The molecule has 106 valence electrons. The first kappa shape index (κ1) is 13.4. The van der Waals surface area contributed by atoms with Gasteiger partial charge in [0.1, 0.15) is 0 Å². The Labute approximate surface area is 121 Å². The molecular weight excluding hydrogens is 266 g/mol. The predicted molar refractivity (Wildman–Crippen MR) is 82.4 cm³/mol. The SMILES string of the molecule is CCOC(=O)Cc1cccc2[nH]c3ccccc3c(=O)c12. The molecule has 1 aromatic heterocycles. The second-order valence-electron chi connectivity index (χ2n) is 4.82. The summed E-state index contributed by atoms with van der Waals surface area (Å²) in [5, 5.41) is 1.19. The van der Waals surface area contributed by atoms with E-state index in [2.05, 4.69) is 4.98 Å². The monoisotopic (exact) mass is 281 g/mol. The van der Waals surface area contributed by atoms with Gasteiger partial charge in [-0.2, -0.15) is 0 Å². The summed E-state index contributed by atoms with van der Waals surface area (Å²) in [4.78, 5) is 27.6. The number of aromatic amines is 1. The van der Waals surface area contributed by atoms with Gasteiger partial charge in [-0.3, -0.25) is 9.59 Å². The van der Waals surface area contributed by atoms with Crippen LogP contribution in [0.4, 0.5) is 0 Å². The van der Waals surface area contributed by atoms with Crippen LogP contribution in [0.25, 0.3) is 21.8 Å². The minimum Gasteiger partial charge on any atom is -0.466 e. The van der Waals surface area contributed by atoms with E-state index in [0.717, 1.165) is 11.0 Å². The molecule has 0 amide bonds. The van der Waals surface area contributed by atoms with Gasteiger partial charge >= 0.3 is 5.97 Å². The average molecular weight is 281 g/mol. The van der Waals surface area contributed by atoms with Crippen LogP contribution in [0.5, 0.6) is 0 Å². The van der Waals surface area contributed by atoms with E-state index in [1.807, 2.05) is 30.3 Å². The molecule has 21 heavy (non-hydrogen) atoms. The number of ether oxygens (including phenoxy) is 1. The Hall–Kier alpha value is -2.62. The number of nitrogens with one attached hydrogen (secondary N) is 1. The molecule has 3 aromatic rings. The molecule has 0 bridgehead atoms. The van der Waals surface area contributed by atoms with Crippen molar-refractivity contribution in [2.75, 3.05) is 6.61 Å². The third-order valence-electron chi connectivity index (χ3n) is 3.46. The highest BCUT2D eigenvalue weighted by Crippen LogP contribution is 2.18. The number of benzene rings is 2. The smallest absolute Gasteiger partial charge is 0.310 e. The summed E-state index contributed by atoms with van der Waals surface area (Å²) in [5.41, 5.74) is 2.17. The molecule has 0 aliphatic rings. The molecule has 4 nitrogen and oxygen atoms in total. The fourth-order valence-corrected chi connectivity index (χ4v) is 2.56. The number of aromatic nitrogens is 1. The van der Waals surface area contributed by atoms with Gasteiger partial charge in [-0.15, -0.1) is 0 Å². The number of carbonyl (C=O) groups excluding carboxylic acids is 1. The molecule has 0 saturated carbocycles. The second kappa shape index (κ2) is 5.40. The van der Waals surface area contributed by atoms with Crippen molar-refractivity contribution in [3.63, 3.8) is 0 Å². The van der Waals surface area contributed by atoms with Crippen molar-refractivity contribution >= 4 is 27.8 Å². The molecule has 1 N–H and O–H groups in total. The Kier molecular flexibility index (Phi) is 3.44. The third-order valence-corrected chi connectivity index (χ3v) is 3.46. The molecule has 0 aliphatic heterocycles. The number of H-pyrrole nitrogens is 1. The highest BCUT2D eigenvalue weighted by molar-refractivity contribution is 5.95. The zero-order valence-corrected chi connectivity index (χ0v) is 11.7. The van der Waals surface area contributed by atoms with Gasteiger partial charge in [-0.25, -0.2) is 0 Å². The van der Waals surface area contributed by atoms with Crippen LogP contribution in [0.2, 0.25) is 0 Å². The maximum absolute atomic E-state index is 12.7. The molecule has 0 spiro atoms. The Balaban J connectivity index is 2.24. The summed E-state index contributed by atoms with van der Waals surface area (Å²) in [6.07, 6.45) is 0.104. The van der Waals surface area contributed by atoms with Crippen molar-refractivity contribution in [2.45, 2.75) is 13.3 Å². The molecule has 4 heteroatoms. The van der Waals surface area contributed by atoms with Crippen molar-refractivity contribution in [2.24, 2.45) is 0 Å². The lowest BCUT2D eigenvalue weighted by atomic mass is 10.0. The first-order valence-corrected chi connectivity index (χ1v) is 6.89. The average Bonchev–Trinajstić information content (AvgIpc) is 2.48. The molecular formula is C17H15NO3. The lowest BCUT2D eigenvalue weighted by Crippen LogP contribution is -2.12. The van der Waals surface area contributed by atoms with Crippen molar-refractivity contribution in [3.8, 4) is 0 Å². The fraction of sp³-hybridized carbons (Fsp3) is 0.176. The molecule has 1 heterocycles. The topological polar surface area (TPSA) is 59.2 Å². The summed E-state index contributed by atoms with van der Waals surface area (Å²) in [7, 11) is 0. The molecule has 0 aliphatic carbocycles. The first-order valence-electron chi connectivity index (χ1n) is 6.89. The summed E-state index contributed by atoms with van der Waals surface area (Å²) in [5.74, 6) is -0.322. The van der Waals surface area contributed by atoms with E-state index >= 15 is 0 Å². The molecule has 0 saturated heterocycles. The quantitative estimate of drug-likeness (QED) is 0.593. The van der Waals surface area contributed by atoms with Crippen LogP contribution in [0.15, 0.2) is 47.3 Å². The lowest BCUT2D eigenvalue weighted by molar-refractivity contribution is -0.142. The highest BCUT2D eigenvalue weighted by atomic mass is 16.5. The molecule has 0 radical (unpaired) electrons. The lowest BCUT2D eigenvalue weighted by Gasteiger charge is -2.07. The van der Waals surface area contributed by atoms with E-state index < -0.39 is 0 Å². The minimum absolute atomic E-state index is 0.0563. The Morgan fingerprint density at radius 1 is 1.10 bits per heavy atom. The highest BCUT2D eigenvalue weighted by Gasteiger charge is 2.12. The molecule has 3 rings (SSSR count). The van der Waals surface area contributed by atoms with E-state index in [1.54, 1.807) is 19.1 Å². The summed E-state index contributed by atoms with van der Waals surface area (Å²) < 4.78 is 4.97. The molecule has 2 aromatic carbocycles. The van der Waals surface area contributed by atoms with Gasteiger partial charge < -0.3 is 9.72 Å². The fourth-order valence-electron chi connectivity index (χ4n) is 2.56. The second-order valence-corrected chi connectivity index (χ2v) is 4.82. The number of hydrogen-bond acceptors (Lipinski definition) is 3. The third kappa shape index (κ3) is 2.40. The van der Waals surface area contributed by atoms with Crippen molar-refractivity contribution in [1.29, 1.82) is 0 Å². The zero-order chi connectivity index (χ0) is 14.8. The normalized spacial score (nSPS) is 10.9. The molecule has 0 atom stereocenters. The van der Waals surface area contributed by atoms with Crippen LogP contribution in [-0.2, 0) is 16.0 Å². The van der Waals surface area contributed by atoms with Gasteiger partial charge in [0.2, 0.25) is 0 Å². The van der Waals surface area contributed by atoms with E-state index in [9.17, 15) is 9.59 Å². The van der Waals surface area contributed by atoms with Gasteiger partial charge in [0.05, 0.1) is 18.5 Å². The Bertz CT molecular complexity index is 880. The van der Waals surface area contributed by atoms with Gasteiger partial charge in [-0.05, 0) is 30.7 Å². The number of esters is 1. The van der Waals surface area contributed by atoms with E-state index in [-0.39, 0.29) is 17.8 Å². The van der Waals surface area contributed by atoms with Gasteiger partial charge in [0.15, 0.2) is 5.43 Å². The summed E-state index contributed by atoms with van der Waals surface area (Å²) >= 11 is 0. The summed E-state index contributed by atoms with van der Waals surface area (Å²) in [6, 6.07) is 12.8. The number of hydrogen-bond donors (Lipinski definition) is 1. The van der Waals surface area contributed by atoms with E-state index in [4.69, 9.17) is 4.74 Å². The number of carbonyl (C=O) groups is 1. The van der Waals surface area contributed by atoms with Crippen LogP contribution in [0, 0.1) is 0 Å². The van der Waals surface area contributed by atoms with Crippen molar-refractivity contribution in [1.82, 2.24) is 4.98 Å². The van der Waals surface area contributed by atoms with Gasteiger partial charge in [0, 0.05) is 16.3 Å². The minimum atomic E-state index is -0.322. The van der Waals surface area contributed by atoms with Gasteiger partial charge in [-0.1, -0.05) is 24.3 Å². The van der Waals surface area contributed by atoms with Crippen molar-refractivity contribution < 1.29 is 9.53 Å².